The fraction of sp³-hybridized carbons (Fsp3) is 0.211. The molecule has 3 rings (SSSR count). The molecule has 5 heteroatoms. The lowest BCUT2D eigenvalue weighted by molar-refractivity contribution is 0.0998. The Bertz CT molecular complexity index is 911. The molecule has 0 atom stereocenters. The van der Waals surface area contributed by atoms with Crippen LogP contribution in [0.2, 0.25) is 0 Å². The number of fused-ring (bicyclic) bond motifs is 1. The van der Waals surface area contributed by atoms with E-state index in [9.17, 15) is 4.79 Å². The number of hydrogen-bond acceptors (Lipinski definition) is 4. The van der Waals surface area contributed by atoms with Gasteiger partial charge in [0.05, 0.1) is 14.2 Å². The first kappa shape index (κ1) is 15.9. The molecule has 0 saturated carbocycles. The second kappa shape index (κ2) is 6.28. The maximum Gasteiger partial charge on any atom is 0.291 e. The van der Waals surface area contributed by atoms with Crippen molar-refractivity contribution < 1.29 is 18.7 Å². The first-order chi connectivity index (χ1) is 11.5. The molecular weight excluding hydrogens is 306 g/mol. The highest BCUT2D eigenvalue weighted by atomic mass is 16.5. The van der Waals surface area contributed by atoms with E-state index in [-0.39, 0.29) is 5.91 Å². The zero-order chi connectivity index (χ0) is 17.3. The van der Waals surface area contributed by atoms with Crippen LogP contribution in [0.25, 0.3) is 11.0 Å². The fourth-order valence-corrected chi connectivity index (χ4v) is 2.69. The SMILES string of the molecule is COc1cc(C)c(NC(=O)c2oc3ccccc3c2C)cc1OC. The summed E-state index contributed by atoms with van der Waals surface area (Å²) in [6.07, 6.45) is 0. The topological polar surface area (TPSA) is 60.7 Å². The van der Waals surface area contributed by atoms with E-state index in [1.807, 2.05) is 44.2 Å². The Labute approximate surface area is 140 Å². The van der Waals surface area contributed by atoms with Gasteiger partial charge in [-0.25, -0.2) is 0 Å². The molecule has 1 N–H and O–H groups in total. The number of carbonyl (C=O) groups is 1. The number of aryl methyl sites for hydroxylation is 2. The molecule has 1 aromatic heterocycles. The molecule has 0 saturated heterocycles. The Morgan fingerprint density at radius 1 is 1.04 bits per heavy atom. The van der Waals surface area contributed by atoms with E-state index in [0.717, 1.165) is 16.5 Å². The standard InChI is InChI=1S/C19H19NO4/c1-11-9-16(22-3)17(23-4)10-14(11)20-19(21)18-12(2)13-7-5-6-8-15(13)24-18/h5-10H,1-4H3,(H,20,21). The summed E-state index contributed by atoms with van der Waals surface area (Å²) in [5.74, 6) is 1.19. The Kier molecular flexibility index (Phi) is 4.16. The molecule has 0 aliphatic rings. The van der Waals surface area contributed by atoms with Crippen molar-refractivity contribution in [2.24, 2.45) is 0 Å². The van der Waals surface area contributed by atoms with Crippen molar-refractivity contribution in [1.82, 2.24) is 0 Å². The Morgan fingerprint density at radius 2 is 1.71 bits per heavy atom. The smallest absolute Gasteiger partial charge is 0.291 e. The van der Waals surface area contributed by atoms with Gasteiger partial charge < -0.3 is 19.2 Å². The van der Waals surface area contributed by atoms with Crippen LogP contribution >= 0.6 is 0 Å². The molecule has 24 heavy (non-hydrogen) atoms. The second-order valence-electron chi connectivity index (χ2n) is 5.53. The highest BCUT2D eigenvalue weighted by Crippen LogP contribution is 2.33. The van der Waals surface area contributed by atoms with Crippen LogP contribution in [0.3, 0.4) is 0 Å². The maximum atomic E-state index is 12.6. The lowest BCUT2D eigenvalue weighted by Gasteiger charge is -2.13. The Balaban J connectivity index is 1.95. The summed E-state index contributed by atoms with van der Waals surface area (Å²) in [7, 11) is 3.13. The van der Waals surface area contributed by atoms with Crippen LogP contribution in [0.1, 0.15) is 21.7 Å². The van der Waals surface area contributed by atoms with Gasteiger partial charge in [0.2, 0.25) is 0 Å². The average molecular weight is 325 g/mol. The van der Waals surface area contributed by atoms with Gasteiger partial charge in [0, 0.05) is 22.7 Å². The molecule has 2 aromatic carbocycles. The van der Waals surface area contributed by atoms with Gasteiger partial charge in [0.1, 0.15) is 5.58 Å². The zero-order valence-electron chi connectivity index (χ0n) is 14.1. The van der Waals surface area contributed by atoms with Gasteiger partial charge in [0.25, 0.3) is 5.91 Å². The van der Waals surface area contributed by atoms with Gasteiger partial charge in [-0.2, -0.15) is 0 Å². The van der Waals surface area contributed by atoms with Crippen LogP contribution in [0.15, 0.2) is 40.8 Å². The number of furan rings is 1. The molecule has 1 amide bonds. The largest absolute Gasteiger partial charge is 0.493 e. The summed E-state index contributed by atoms with van der Waals surface area (Å²) >= 11 is 0. The Hall–Kier alpha value is -2.95. The number of rotatable bonds is 4. The first-order valence-corrected chi connectivity index (χ1v) is 7.57. The summed E-state index contributed by atoms with van der Waals surface area (Å²) in [5.41, 5.74) is 3.04. The third kappa shape index (κ3) is 2.69. The van der Waals surface area contributed by atoms with E-state index in [1.165, 1.54) is 0 Å². The lowest BCUT2D eigenvalue weighted by atomic mass is 10.1. The zero-order valence-corrected chi connectivity index (χ0v) is 14.1. The number of hydrogen-bond donors (Lipinski definition) is 1. The molecule has 0 aliphatic carbocycles. The quantitative estimate of drug-likeness (QED) is 0.776. The van der Waals surface area contributed by atoms with Crippen LogP contribution < -0.4 is 14.8 Å². The van der Waals surface area contributed by atoms with Crippen LogP contribution in [0.5, 0.6) is 11.5 Å². The average Bonchev–Trinajstić information content (AvgIpc) is 2.93. The summed E-state index contributed by atoms with van der Waals surface area (Å²) < 4.78 is 16.3. The van der Waals surface area contributed by atoms with Crippen molar-refractivity contribution in [2.75, 3.05) is 19.5 Å². The second-order valence-corrected chi connectivity index (χ2v) is 5.53. The molecular formula is C19H19NO4. The maximum absolute atomic E-state index is 12.6. The minimum Gasteiger partial charge on any atom is -0.493 e. The van der Waals surface area contributed by atoms with Crippen LogP contribution in [-0.4, -0.2) is 20.1 Å². The highest BCUT2D eigenvalue weighted by molar-refractivity contribution is 6.06. The third-order valence-electron chi connectivity index (χ3n) is 4.03. The minimum atomic E-state index is -0.293. The minimum absolute atomic E-state index is 0.293. The number of amides is 1. The van der Waals surface area contributed by atoms with Crippen molar-refractivity contribution in [1.29, 1.82) is 0 Å². The van der Waals surface area contributed by atoms with Crippen molar-refractivity contribution in [2.45, 2.75) is 13.8 Å². The number of benzene rings is 2. The summed E-state index contributed by atoms with van der Waals surface area (Å²) in [4.78, 5) is 12.6. The molecule has 3 aromatic rings. The normalized spacial score (nSPS) is 10.7. The Morgan fingerprint density at radius 3 is 2.38 bits per heavy atom. The molecule has 1 heterocycles. The molecule has 0 bridgehead atoms. The van der Waals surface area contributed by atoms with Gasteiger partial charge in [-0.15, -0.1) is 0 Å². The van der Waals surface area contributed by atoms with E-state index in [2.05, 4.69) is 5.32 Å². The summed E-state index contributed by atoms with van der Waals surface area (Å²) in [5, 5.41) is 3.82. The summed E-state index contributed by atoms with van der Waals surface area (Å²) in [6.45, 7) is 3.77. The van der Waals surface area contributed by atoms with E-state index < -0.39 is 0 Å². The molecule has 0 unspecified atom stereocenters. The highest BCUT2D eigenvalue weighted by Gasteiger charge is 2.19. The predicted octanol–water partition coefficient (Wildman–Crippen LogP) is 4.32. The number of carbonyl (C=O) groups excluding carboxylic acids is 1. The van der Waals surface area contributed by atoms with Gasteiger partial charge in [0.15, 0.2) is 17.3 Å². The van der Waals surface area contributed by atoms with Crippen molar-refractivity contribution in [3.8, 4) is 11.5 Å². The van der Waals surface area contributed by atoms with Gasteiger partial charge in [-0.05, 0) is 31.5 Å². The van der Waals surface area contributed by atoms with E-state index in [0.29, 0.717) is 28.5 Å². The number of anilines is 1. The first-order valence-electron chi connectivity index (χ1n) is 7.57. The van der Waals surface area contributed by atoms with Gasteiger partial charge in [-0.3, -0.25) is 4.79 Å². The van der Waals surface area contributed by atoms with Crippen LogP contribution in [0.4, 0.5) is 5.69 Å². The molecule has 0 radical (unpaired) electrons. The molecule has 124 valence electrons. The van der Waals surface area contributed by atoms with Gasteiger partial charge in [-0.1, -0.05) is 18.2 Å². The van der Waals surface area contributed by atoms with Gasteiger partial charge >= 0.3 is 0 Å². The molecule has 0 aliphatic heterocycles. The van der Waals surface area contributed by atoms with Crippen molar-refractivity contribution >= 4 is 22.6 Å². The van der Waals surface area contributed by atoms with Crippen molar-refractivity contribution in [3.05, 3.63) is 53.3 Å². The predicted molar refractivity (Wildman–Crippen MR) is 93.2 cm³/mol. The number of ether oxygens (including phenoxy) is 2. The fourth-order valence-electron chi connectivity index (χ4n) is 2.69. The molecule has 5 nitrogen and oxygen atoms in total. The monoisotopic (exact) mass is 325 g/mol. The number of methoxy groups -OCH3 is 2. The summed E-state index contributed by atoms with van der Waals surface area (Å²) in [6, 6.07) is 11.1. The van der Waals surface area contributed by atoms with Crippen molar-refractivity contribution in [3.63, 3.8) is 0 Å². The molecule has 0 fully saturated rings. The van der Waals surface area contributed by atoms with E-state index in [4.69, 9.17) is 13.9 Å². The van der Waals surface area contributed by atoms with Crippen LogP contribution in [0, 0.1) is 13.8 Å². The third-order valence-corrected chi connectivity index (χ3v) is 4.03. The number of nitrogens with one attached hydrogen (secondary N) is 1. The van der Waals surface area contributed by atoms with E-state index >= 15 is 0 Å². The molecule has 0 spiro atoms. The van der Waals surface area contributed by atoms with E-state index in [1.54, 1.807) is 20.3 Å². The number of para-hydroxylation sites is 1. The van der Waals surface area contributed by atoms with Crippen LogP contribution in [-0.2, 0) is 0 Å². The lowest BCUT2D eigenvalue weighted by Crippen LogP contribution is -2.13.